The Bertz CT molecular complexity index is 597. The standard InChI is InChI=1S/C15H21ClN4O/c1-10(2)20-7-6-12(19-20)9-14(18-17)13-8-11(16)4-5-15(13)21-3/h4-8,10,14,18H,9,17H2,1-3H3. The van der Waals surface area contributed by atoms with E-state index in [1.165, 1.54) is 0 Å². The molecule has 1 atom stereocenters. The zero-order valence-electron chi connectivity index (χ0n) is 12.5. The molecule has 21 heavy (non-hydrogen) atoms. The molecule has 1 aromatic carbocycles. The molecule has 0 aliphatic rings. The Balaban J connectivity index is 2.25. The number of nitrogens with zero attached hydrogens (tertiary/aromatic N) is 2. The summed E-state index contributed by atoms with van der Waals surface area (Å²) in [6.45, 7) is 4.19. The number of hydrogen-bond acceptors (Lipinski definition) is 4. The molecule has 0 amide bonds. The zero-order valence-corrected chi connectivity index (χ0v) is 13.3. The summed E-state index contributed by atoms with van der Waals surface area (Å²) in [7, 11) is 1.63. The summed E-state index contributed by atoms with van der Waals surface area (Å²) >= 11 is 6.08. The van der Waals surface area contributed by atoms with Crippen molar-refractivity contribution >= 4 is 11.6 Å². The second kappa shape index (κ2) is 6.93. The molecular weight excluding hydrogens is 288 g/mol. The number of nitrogens with one attached hydrogen (secondary N) is 1. The third-order valence-corrected chi connectivity index (χ3v) is 3.61. The number of hydrogen-bond donors (Lipinski definition) is 2. The van der Waals surface area contributed by atoms with E-state index in [0.717, 1.165) is 17.0 Å². The third kappa shape index (κ3) is 3.75. The van der Waals surface area contributed by atoms with E-state index in [-0.39, 0.29) is 6.04 Å². The molecule has 0 fully saturated rings. The summed E-state index contributed by atoms with van der Waals surface area (Å²) < 4.78 is 7.31. The second-order valence-electron chi connectivity index (χ2n) is 5.19. The van der Waals surface area contributed by atoms with Gasteiger partial charge in [0.15, 0.2) is 0 Å². The molecule has 0 saturated carbocycles. The first-order chi connectivity index (χ1) is 10.0. The molecule has 0 aliphatic heterocycles. The SMILES string of the molecule is COc1ccc(Cl)cc1C(Cc1ccn(C(C)C)n1)NN. The Hall–Kier alpha value is -1.56. The Morgan fingerprint density at radius 2 is 2.14 bits per heavy atom. The molecule has 0 saturated heterocycles. The highest BCUT2D eigenvalue weighted by Crippen LogP contribution is 2.29. The van der Waals surface area contributed by atoms with Gasteiger partial charge in [-0.25, -0.2) is 0 Å². The number of methoxy groups -OCH3 is 1. The highest BCUT2D eigenvalue weighted by atomic mass is 35.5. The topological polar surface area (TPSA) is 65.1 Å². The van der Waals surface area contributed by atoms with E-state index < -0.39 is 0 Å². The van der Waals surface area contributed by atoms with Gasteiger partial charge in [0.05, 0.1) is 18.8 Å². The quantitative estimate of drug-likeness (QED) is 0.636. The van der Waals surface area contributed by atoms with Crippen molar-refractivity contribution in [2.24, 2.45) is 5.84 Å². The maximum atomic E-state index is 6.08. The predicted molar refractivity (Wildman–Crippen MR) is 84.4 cm³/mol. The summed E-state index contributed by atoms with van der Waals surface area (Å²) in [5.41, 5.74) is 4.71. The van der Waals surface area contributed by atoms with Gasteiger partial charge in [0.25, 0.3) is 0 Å². The van der Waals surface area contributed by atoms with Crippen LogP contribution in [0.5, 0.6) is 5.75 Å². The molecule has 2 rings (SSSR count). The average Bonchev–Trinajstić information content (AvgIpc) is 2.93. The number of hydrazine groups is 1. The fraction of sp³-hybridized carbons (Fsp3) is 0.400. The van der Waals surface area contributed by atoms with Crippen molar-refractivity contribution in [3.05, 3.63) is 46.7 Å². The smallest absolute Gasteiger partial charge is 0.123 e. The van der Waals surface area contributed by atoms with Crippen molar-refractivity contribution < 1.29 is 4.74 Å². The lowest BCUT2D eigenvalue weighted by molar-refractivity contribution is 0.398. The minimum Gasteiger partial charge on any atom is -0.496 e. The van der Waals surface area contributed by atoms with Crippen molar-refractivity contribution in [1.29, 1.82) is 0 Å². The summed E-state index contributed by atoms with van der Waals surface area (Å²) in [4.78, 5) is 0. The number of ether oxygens (including phenoxy) is 1. The monoisotopic (exact) mass is 308 g/mol. The number of benzene rings is 1. The van der Waals surface area contributed by atoms with Crippen LogP contribution in [0.3, 0.4) is 0 Å². The van der Waals surface area contributed by atoms with Crippen LogP contribution >= 0.6 is 11.6 Å². The number of nitrogens with two attached hydrogens (primary N) is 1. The van der Waals surface area contributed by atoms with Gasteiger partial charge in [0, 0.05) is 29.2 Å². The zero-order chi connectivity index (χ0) is 15.4. The third-order valence-electron chi connectivity index (χ3n) is 3.37. The average molecular weight is 309 g/mol. The van der Waals surface area contributed by atoms with Crippen LogP contribution < -0.4 is 16.0 Å². The number of halogens is 1. The largest absolute Gasteiger partial charge is 0.496 e. The Kier molecular flexibility index (Phi) is 5.22. The maximum absolute atomic E-state index is 6.08. The lowest BCUT2D eigenvalue weighted by atomic mass is 10.0. The van der Waals surface area contributed by atoms with E-state index in [4.69, 9.17) is 22.2 Å². The maximum Gasteiger partial charge on any atom is 0.123 e. The first kappa shape index (κ1) is 15.8. The van der Waals surface area contributed by atoms with Gasteiger partial charge in [-0.1, -0.05) is 11.6 Å². The van der Waals surface area contributed by atoms with Crippen LogP contribution in [0.4, 0.5) is 0 Å². The lowest BCUT2D eigenvalue weighted by Gasteiger charge is -2.18. The molecule has 5 nitrogen and oxygen atoms in total. The summed E-state index contributed by atoms with van der Waals surface area (Å²) in [6.07, 6.45) is 2.63. The lowest BCUT2D eigenvalue weighted by Crippen LogP contribution is -2.30. The van der Waals surface area contributed by atoms with Gasteiger partial charge in [-0.3, -0.25) is 16.0 Å². The first-order valence-electron chi connectivity index (χ1n) is 6.88. The van der Waals surface area contributed by atoms with Crippen LogP contribution in [-0.2, 0) is 6.42 Å². The minimum absolute atomic E-state index is 0.117. The summed E-state index contributed by atoms with van der Waals surface area (Å²) in [5.74, 6) is 6.46. The molecule has 1 unspecified atom stereocenters. The molecule has 3 N–H and O–H groups in total. The fourth-order valence-electron chi connectivity index (χ4n) is 2.22. The van der Waals surface area contributed by atoms with Gasteiger partial charge >= 0.3 is 0 Å². The second-order valence-corrected chi connectivity index (χ2v) is 5.63. The highest BCUT2D eigenvalue weighted by molar-refractivity contribution is 6.30. The summed E-state index contributed by atoms with van der Waals surface area (Å²) in [6, 6.07) is 7.73. The highest BCUT2D eigenvalue weighted by Gasteiger charge is 2.17. The van der Waals surface area contributed by atoms with Crippen molar-refractivity contribution in [3.8, 4) is 5.75 Å². The first-order valence-corrected chi connectivity index (χ1v) is 7.26. The van der Waals surface area contributed by atoms with Gasteiger partial charge in [-0.2, -0.15) is 5.10 Å². The van der Waals surface area contributed by atoms with Crippen molar-refractivity contribution in [1.82, 2.24) is 15.2 Å². The van der Waals surface area contributed by atoms with E-state index in [9.17, 15) is 0 Å². The van der Waals surface area contributed by atoms with E-state index in [0.29, 0.717) is 17.5 Å². The van der Waals surface area contributed by atoms with Gasteiger partial charge in [0.1, 0.15) is 5.75 Å². The molecule has 1 aromatic heterocycles. The predicted octanol–water partition coefficient (Wildman–Crippen LogP) is 2.87. The van der Waals surface area contributed by atoms with Gasteiger partial charge in [-0.05, 0) is 38.1 Å². The van der Waals surface area contributed by atoms with Gasteiger partial charge in [-0.15, -0.1) is 0 Å². The molecule has 6 heteroatoms. The van der Waals surface area contributed by atoms with E-state index in [1.807, 2.05) is 29.1 Å². The van der Waals surface area contributed by atoms with Crippen LogP contribution in [0, 0.1) is 0 Å². The Morgan fingerprint density at radius 1 is 1.38 bits per heavy atom. The van der Waals surface area contributed by atoms with Crippen molar-refractivity contribution in [3.63, 3.8) is 0 Å². The molecule has 114 valence electrons. The molecule has 0 radical (unpaired) electrons. The van der Waals surface area contributed by atoms with Crippen LogP contribution in [0.1, 0.15) is 37.2 Å². The molecule has 0 aliphatic carbocycles. The molecular formula is C15H21ClN4O. The van der Waals surface area contributed by atoms with Crippen molar-refractivity contribution in [2.45, 2.75) is 32.4 Å². The van der Waals surface area contributed by atoms with E-state index >= 15 is 0 Å². The van der Waals surface area contributed by atoms with Gasteiger partial charge in [0.2, 0.25) is 0 Å². The van der Waals surface area contributed by atoms with Gasteiger partial charge < -0.3 is 4.74 Å². The van der Waals surface area contributed by atoms with Crippen LogP contribution in [0.2, 0.25) is 5.02 Å². The fourth-order valence-corrected chi connectivity index (χ4v) is 2.40. The number of aromatic nitrogens is 2. The van der Waals surface area contributed by atoms with Crippen LogP contribution in [0.25, 0.3) is 0 Å². The normalized spacial score (nSPS) is 12.7. The Labute approximate surface area is 130 Å². The van der Waals surface area contributed by atoms with Crippen LogP contribution in [-0.4, -0.2) is 16.9 Å². The molecule has 1 heterocycles. The molecule has 0 bridgehead atoms. The van der Waals surface area contributed by atoms with Crippen LogP contribution in [0.15, 0.2) is 30.5 Å². The Morgan fingerprint density at radius 3 is 2.71 bits per heavy atom. The van der Waals surface area contributed by atoms with Crippen molar-refractivity contribution in [2.75, 3.05) is 7.11 Å². The molecule has 2 aromatic rings. The minimum atomic E-state index is -0.117. The molecule has 0 spiro atoms. The summed E-state index contributed by atoms with van der Waals surface area (Å²) in [5, 5.41) is 5.20. The number of rotatable bonds is 6. The van der Waals surface area contributed by atoms with E-state index in [1.54, 1.807) is 13.2 Å². The van der Waals surface area contributed by atoms with E-state index in [2.05, 4.69) is 24.4 Å².